The number of hydrogen-bond donors (Lipinski definition) is 0. The van der Waals surface area contributed by atoms with Crippen LogP contribution in [-0.2, 0) is 9.31 Å². The van der Waals surface area contributed by atoms with E-state index in [1.807, 2.05) is 0 Å². The lowest BCUT2D eigenvalue weighted by Crippen LogP contribution is -2.47. The number of nitro groups is 1. The monoisotopic (exact) mass is 268 g/mol. The van der Waals surface area contributed by atoms with Crippen molar-refractivity contribution in [2.75, 3.05) is 0 Å². The first-order valence-electron chi connectivity index (χ1n) is 6.05. The summed E-state index contributed by atoms with van der Waals surface area (Å²) in [4.78, 5) is 10.2. The minimum atomic E-state index is -3.21. The largest absolute Gasteiger partial charge is 0.531 e. The number of rotatable bonds is 2. The summed E-state index contributed by atoms with van der Waals surface area (Å²) in [5.41, 5.74) is -1.79. The van der Waals surface area contributed by atoms with Crippen molar-refractivity contribution in [3.05, 3.63) is 34.4 Å². The third-order valence-corrected chi connectivity index (χ3v) is 3.82. The number of benzene rings is 1. The van der Waals surface area contributed by atoms with Crippen molar-refractivity contribution in [2.24, 2.45) is 0 Å². The van der Waals surface area contributed by atoms with E-state index in [2.05, 4.69) is 0 Å². The van der Waals surface area contributed by atoms with Gasteiger partial charge in [-0.2, -0.15) is 0 Å². The highest BCUT2D eigenvalue weighted by Crippen LogP contribution is 2.41. The standard InChI is InChI=1S/C12H16BFNO4/c1-11(2)12(3,4)19-13(14,18-11)9-6-5-7-10(8-9)15(16)17/h5-8H,1-4H3/q-1. The lowest BCUT2D eigenvalue weighted by Gasteiger charge is -2.36. The van der Waals surface area contributed by atoms with Gasteiger partial charge < -0.3 is 13.6 Å². The number of nitro benzene ring substituents is 1. The van der Waals surface area contributed by atoms with Gasteiger partial charge in [-0.15, -0.1) is 5.46 Å². The molecule has 104 valence electrons. The molecule has 1 aromatic rings. The molecule has 0 spiro atoms. The molecule has 2 rings (SSSR count). The van der Waals surface area contributed by atoms with Crippen LogP contribution in [0.2, 0.25) is 0 Å². The maximum absolute atomic E-state index is 14.9. The van der Waals surface area contributed by atoms with Gasteiger partial charge in [-0.05, 0) is 33.8 Å². The van der Waals surface area contributed by atoms with Crippen LogP contribution in [0.3, 0.4) is 0 Å². The van der Waals surface area contributed by atoms with Crippen molar-refractivity contribution in [1.82, 2.24) is 0 Å². The third-order valence-electron chi connectivity index (χ3n) is 3.82. The molecule has 1 saturated heterocycles. The zero-order valence-electron chi connectivity index (χ0n) is 11.3. The van der Waals surface area contributed by atoms with Crippen LogP contribution in [0.4, 0.5) is 10.0 Å². The van der Waals surface area contributed by atoms with Gasteiger partial charge in [0.05, 0.1) is 4.92 Å². The van der Waals surface area contributed by atoms with Gasteiger partial charge in [0.15, 0.2) is 0 Å². The molecule has 1 aliphatic rings. The Hall–Kier alpha value is -1.47. The molecule has 0 amide bonds. The first-order chi connectivity index (χ1) is 8.57. The fourth-order valence-electron chi connectivity index (χ4n) is 2.05. The lowest BCUT2D eigenvalue weighted by molar-refractivity contribution is -0.384. The molecule has 1 heterocycles. The number of nitrogens with zero attached hydrogens (tertiary/aromatic N) is 1. The maximum Gasteiger partial charge on any atom is 0.443 e. The van der Waals surface area contributed by atoms with Crippen molar-refractivity contribution in [3.8, 4) is 0 Å². The van der Waals surface area contributed by atoms with Crippen molar-refractivity contribution in [3.63, 3.8) is 0 Å². The molecule has 0 N–H and O–H groups in total. The van der Waals surface area contributed by atoms with E-state index in [0.717, 1.165) is 6.07 Å². The molecule has 19 heavy (non-hydrogen) atoms. The Balaban J connectivity index is 2.43. The van der Waals surface area contributed by atoms with E-state index in [0.29, 0.717) is 0 Å². The summed E-state index contributed by atoms with van der Waals surface area (Å²) in [5, 5.41) is 10.7. The van der Waals surface area contributed by atoms with Gasteiger partial charge in [0.1, 0.15) is 0 Å². The summed E-state index contributed by atoms with van der Waals surface area (Å²) in [6.07, 6.45) is 0. The summed E-state index contributed by atoms with van der Waals surface area (Å²) in [7, 11) is 0. The lowest BCUT2D eigenvalue weighted by atomic mass is 9.73. The molecule has 0 saturated carbocycles. The zero-order chi connectivity index (χ0) is 14.5. The van der Waals surface area contributed by atoms with E-state index < -0.39 is 23.0 Å². The van der Waals surface area contributed by atoms with Crippen LogP contribution in [0, 0.1) is 10.1 Å². The van der Waals surface area contributed by atoms with Crippen LogP contribution in [0.1, 0.15) is 27.7 Å². The highest BCUT2D eigenvalue weighted by molar-refractivity contribution is 6.75. The topological polar surface area (TPSA) is 61.6 Å². The van der Waals surface area contributed by atoms with Gasteiger partial charge in [-0.3, -0.25) is 10.1 Å². The molecule has 0 atom stereocenters. The molecular formula is C12H16BFNO4-. The van der Waals surface area contributed by atoms with Crippen LogP contribution < -0.4 is 5.46 Å². The van der Waals surface area contributed by atoms with Crippen molar-refractivity contribution in [2.45, 2.75) is 38.9 Å². The fourth-order valence-corrected chi connectivity index (χ4v) is 2.05. The minimum Gasteiger partial charge on any atom is -0.531 e. The van der Waals surface area contributed by atoms with Gasteiger partial charge >= 0.3 is 6.83 Å². The van der Waals surface area contributed by atoms with E-state index in [-0.39, 0.29) is 11.2 Å². The molecule has 0 aromatic heterocycles. The SMILES string of the molecule is CC1(C)O[B-](F)(c2cccc([N+](=O)[O-])c2)OC1(C)C. The average Bonchev–Trinajstić information content (AvgIpc) is 2.44. The Kier molecular flexibility index (Phi) is 2.95. The molecule has 1 fully saturated rings. The Morgan fingerprint density at radius 2 is 1.74 bits per heavy atom. The summed E-state index contributed by atoms with van der Waals surface area (Å²) < 4.78 is 25.7. The van der Waals surface area contributed by atoms with E-state index in [1.54, 1.807) is 27.7 Å². The molecule has 1 aliphatic heterocycles. The van der Waals surface area contributed by atoms with Gasteiger partial charge in [-0.1, -0.05) is 12.1 Å². The van der Waals surface area contributed by atoms with Gasteiger partial charge in [0, 0.05) is 17.3 Å². The molecule has 7 heteroatoms. The predicted octanol–water partition coefficient (Wildman–Crippen LogP) is 2.31. The summed E-state index contributed by atoms with van der Waals surface area (Å²) in [6.45, 7) is 3.71. The van der Waals surface area contributed by atoms with Crippen LogP contribution in [0.25, 0.3) is 0 Å². The molecule has 0 radical (unpaired) electrons. The second kappa shape index (κ2) is 4.01. The van der Waals surface area contributed by atoms with E-state index in [1.165, 1.54) is 18.2 Å². The highest BCUT2D eigenvalue weighted by Gasteiger charge is 2.53. The average molecular weight is 268 g/mol. The molecule has 1 aromatic carbocycles. The number of halogens is 1. The fraction of sp³-hybridized carbons (Fsp3) is 0.500. The number of hydrogen-bond acceptors (Lipinski definition) is 4. The van der Waals surface area contributed by atoms with Crippen molar-refractivity contribution >= 4 is 18.0 Å². The summed E-state index contributed by atoms with van der Waals surface area (Å²) in [6, 6.07) is 5.30. The Labute approximate surface area is 110 Å². The van der Waals surface area contributed by atoms with Crippen molar-refractivity contribution in [1.29, 1.82) is 0 Å². The Morgan fingerprint density at radius 3 is 2.21 bits per heavy atom. The van der Waals surface area contributed by atoms with Crippen LogP contribution in [0.5, 0.6) is 0 Å². The molecule has 0 aliphatic carbocycles. The molecule has 0 unspecified atom stereocenters. The zero-order valence-corrected chi connectivity index (χ0v) is 11.3. The van der Waals surface area contributed by atoms with Crippen molar-refractivity contribution < 1.29 is 18.5 Å². The van der Waals surface area contributed by atoms with Crippen LogP contribution >= 0.6 is 0 Å². The smallest absolute Gasteiger partial charge is 0.443 e. The Bertz CT molecular complexity index is 516. The molecular weight excluding hydrogens is 252 g/mol. The van der Waals surface area contributed by atoms with E-state index >= 15 is 0 Å². The van der Waals surface area contributed by atoms with Gasteiger partial charge in [-0.25, -0.2) is 0 Å². The predicted molar refractivity (Wildman–Crippen MR) is 69.9 cm³/mol. The van der Waals surface area contributed by atoms with Crippen LogP contribution in [0.15, 0.2) is 24.3 Å². The molecule has 0 bridgehead atoms. The maximum atomic E-state index is 14.9. The van der Waals surface area contributed by atoms with Gasteiger partial charge in [0.25, 0.3) is 5.69 Å². The Morgan fingerprint density at radius 1 is 1.21 bits per heavy atom. The summed E-state index contributed by atoms with van der Waals surface area (Å²) >= 11 is 0. The van der Waals surface area contributed by atoms with Crippen LogP contribution in [-0.4, -0.2) is 23.0 Å². The second-order valence-corrected chi connectivity index (χ2v) is 5.73. The minimum absolute atomic E-state index is 0.0489. The van der Waals surface area contributed by atoms with Gasteiger partial charge in [0.2, 0.25) is 0 Å². The quantitative estimate of drug-likeness (QED) is 0.469. The van der Waals surface area contributed by atoms with E-state index in [4.69, 9.17) is 9.31 Å². The first-order valence-corrected chi connectivity index (χ1v) is 6.05. The first kappa shape index (κ1) is 14.0. The normalized spacial score (nSPS) is 23.2. The second-order valence-electron chi connectivity index (χ2n) is 5.73. The summed E-state index contributed by atoms with van der Waals surface area (Å²) in [5.74, 6) is 0. The van der Waals surface area contributed by atoms with E-state index in [9.17, 15) is 14.4 Å². The molecule has 5 nitrogen and oxygen atoms in total. The highest BCUT2D eigenvalue weighted by atomic mass is 19.1. The third kappa shape index (κ3) is 2.23. The number of non-ortho nitro benzene ring substituents is 1.